The molecule has 0 radical (unpaired) electrons. The van der Waals surface area contributed by atoms with Crippen molar-refractivity contribution in [2.45, 2.75) is 105 Å². The fraction of sp³-hybridized carbons (Fsp3) is 0.692. The van der Waals surface area contributed by atoms with Crippen LogP contribution in [0.1, 0.15) is 105 Å². The molecule has 0 bridgehead atoms. The highest BCUT2D eigenvalue weighted by Crippen LogP contribution is 2.76. The van der Waals surface area contributed by atoms with Gasteiger partial charge < -0.3 is 20.1 Å². The molecule has 0 heterocycles. The molecule has 0 saturated heterocycles. The van der Waals surface area contributed by atoms with Gasteiger partial charge in [-0.3, -0.25) is 4.79 Å². The highest BCUT2D eigenvalue weighted by Gasteiger charge is 2.71. The maximum absolute atomic E-state index is 13.3. The Labute approximate surface area is 269 Å². The minimum Gasteiger partial charge on any atom is -0.508 e. The van der Waals surface area contributed by atoms with Crippen molar-refractivity contribution < 1.29 is 29.6 Å². The smallest absolute Gasteiger partial charge is 0.330 e. The molecule has 4 saturated carbocycles. The van der Waals surface area contributed by atoms with Crippen LogP contribution in [0.4, 0.5) is 0 Å². The molecule has 3 N–H and O–H groups in total. The molecule has 10 atom stereocenters. The summed E-state index contributed by atoms with van der Waals surface area (Å²) in [6.07, 6.45) is 12.9. The van der Waals surface area contributed by atoms with E-state index < -0.39 is 22.8 Å². The molecule has 1 unspecified atom stereocenters. The maximum Gasteiger partial charge on any atom is 0.330 e. The number of benzene rings is 1. The molecule has 6 heteroatoms. The highest BCUT2D eigenvalue weighted by atomic mass is 16.5. The third kappa shape index (κ3) is 4.66. The summed E-state index contributed by atoms with van der Waals surface area (Å²) in [5, 5.41) is 31.6. The SMILES string of the molecule is C[C@H]1[C@H](C)CC[C@]2(C(=O)O)CC[C@]3(COC(=O)C=Cc4ccc(O)cc4)C(=CC[C@@H]4[C@@]5(C)CC[C@H](O)C(C)(C)C5CC[C@]43C)[C@H]12. The van der Waals surface area contributed by atoms with E-state index in [9.17, 15) is 24.9 Å². The molecule has 5 aliphatic carbocycles. The first kappa shape index (κ1) is 32.3. The van der Waals surface area contributed by atoms with Crippen LogP contribution >= 0.6 is 0 Å². The number of phenols is 1. The van der Waals surface area contributed by atoms with Gasteiger partial charge in [0.05, 0.1) is 11.5 Å². The number of ether oxygens (including phenoxy) is 1. The summed E-state index contributed by atoms with van der Waals surface area (Å²) in [6.45, 7) is 14.2. The van der Waals surface area contributed by atoms with Gasteiger partial charge in [0.25, 0.3) is 0 Å². The van der Waals surface area contributed by atoms with E-state index in [1.54, 1.807) is 30.3 Å². The second-order valence-electron chi connectivity index (χ2n) is 16.8. The lowest BCUT2D eigenvalue weighted by Gasteiger charge is -2.71. The first-order chi connectivity index (χ1) is 21.1. The molecule has 5 aliphatic rings. The lowest BCUT2D eigenvalue weighted by molar-refractivity contribution is -0.218. The summed E-state index contributed by atoms with van der Waals surface area (Å²) in [4.78, 5) is 26.5. The summed E-state index contributed by atoms with van der Waals surface area (Å²) >= 11 is 0. The van der Waals surface area contributed by atoms with Crippen molar-refractivity contribution in [3.05, 3.63) is 47.6 Å². The molecule has 0 aliphatic heterocycles. The van der Waals surface area contributed by atoms with Gasteiger partial charge in [-0.15, -0.1) is 0 Å². The van der Waals surface area contributed by atoms with E-state index >= 15 is 0 Å². The zero-order valence-electron chi connectivity index (χ0n) is 28.1. The van der Waals surface area contributed by atoms with Crippen LogP contribution in [-0.2, 0) is 14.3 Å². The molecule has 6 rings (SSSR count). The Hall–Kier alpha value is -2.60. The zero-order valence-corrected chi connectivity index (χ0v) is 28.1. The van der Waals surface area contributed by atoms with Crippen LogP contribution in [-0.4, -0.2) is 40.0 Å². The van der Waals surface area contributed by atoms with Gasteiger partial charge in [-0.25, -0.2) is 4.79 Å². The van der Waals surface area contributed by atoms with E-state index in [0.717, 1.165) is 44.1 Å². The Bertz CT molecular complexity index is 1390. The van der Waals surface area contributed by atoms with Crippen molar-refractivity contribution in [2.24, 2.45) is 56.7 Å². The van der Waals surface area contributed by atoms with E-state index in [1.165, 1.54) is 11.6 Å². The van der Waals surface area contributed by atoms with Gasteiger partial charge in [0.15, 0.2) is 0 Å². The molecule has 0 amide bonds. The number of hydrogen-bond donors (Lipinski definition) is 3. The Morgan fingerprint density at radius 2 is 1.64 bits per heavy atom. The van der Waals surface area contributed by atoms with Crippen LogP contribution in [0.3, 0.4) is 0 Å². The van der Waals surface area contributed by atoms with Crippen molar-refractivity contribution in [3.8, 4) is 5.75 Å². The van der Waals surface area contributed by atoms with Crippen LogP contribution in [0, 0.1) is 56.7 Å². The summed E-state index contributed by atoms with van der Waals surface area (Å²) in [5.74, 6) is 0.422. The maximum atomic E-state index is 13.3. The second-order valence-corrected chi connectivity index (χ2v) is 16.8. The van der Waals surface area contributed by atoms with Gasteiger partial charge in [-0.1, -0.05) is 65.3 Å². The van der Waals surface area contributed by atoms with Crippen LogP contribution in [0.15, 0.2) is 42.0 Å². The number of carboxylic acids is 1. The predicted octanol–water partition coefficient (Wildman–Crippen LogP) is 8.03. The number of fused-ring (bicyclic) bond motifs is 7. The molecule has 45 heavy (non-hydrogen) atoms. The molecule has 4 fully saturated rings. The average Bonchev–Trinajstić information content (AvgIpc) is 2.99. The minimum atomic E-state index is -0.773. The monoisotopic (exact) mass is 618 g/mol. The normalized spacial score (nSPS) is 43.7. The van der Waals surface area contributed by atoms with Gasteiger partial charge in [-0.05, 0) is 127 Å². The second kappa shape index (κ2) is 11.0. The molecule has 0 spiro atoms. The van der Waals surface area contributed by atoms with Crippen LogP contribution in [0.25, 0.3) is 6.08 Å². The average molecular weight is 619 g/mol. The van der Waals surface area contributed by atoms with Crippen LogP contribution in [0.5, 0.6) is 5.75 Å². The van der Waals surface area contributed by atoms with E-state index in [0.29, 0.717) is 37.0 Å². The molecular formula is C39H54O6. The Balaban J connectivity index is 1.42. The van der Waals surface area contributed by atoms with Crippen molar-refractivity contribution in [2.75, 3.05) is 6.61 Å². The fourth-order valence-corrected chi connectivity index (χ4v) is 12.0. The number of aromatic hydroxyl groups is 1. The number of aliphatic hydroxyl groups excluding tert-OH is 1. The summed E-state index contributed by atoms with van der Waals surface area (Å²) < 4.78 is 6.26. The summed E-state index contributed by atoms with van der Waals surface area (Å²) in [5.41, 5.74) is 0.520. The van der Waals surface area contributed by atoms with Crippen molar-refractivity contribution in [1.29, 1.82) is 0 Å². The summed E-state index contributed by atoms with van der Waals surface area (Å²) in [7, 11) is 0. The lowest BCUT2D eigenvalue weighted by atomic mass is 9.33. The third-order valence-electron chi connectivity index (χ3n) is 14.8. The molecule has 6 nitrogen and oxygen atoms in total. The highest BCUT2D eigenvalue weighted by molar-refractivity contribution is 5.87. The van der Waals surface area contributed by atoms with Crippen LogP contribution < -0.4 is 0 Å². The van der Waals surface area contributed by atoms with Gasteiger partial charge in [0.2, 0.25) is 0 Å². The third-order valence-corrected chi connectivity index (χ3v) is 14.8. The van der Waals surface area contributed by atoms with Crippen molar-refractivity contribution in [1.82, 2.24) is 0 Å². The first-order valence-corrected chi connectivity index (χ1v) is 17.4. The topological polar surface area (TPSA) is 104 Å². The number of carboxylic acid groups (broad SMARTS) is 1. The van der Waals surface area contributed by atoms with Gasteiger partial charge in [0, 0.05) is 11.5 Å². The van der Waals surface area contributed by atoms with E-state index in [-0.39, 0.29) is 46.5 Å². The number of allylic oxidation sites excluding steroid dienone is 1. The lowest BCUT2D eigenvalue weighted by Crippen LogP contribution is -2.67. The van der Waals surface area contributed by atoms with Gasteiger partial charge in [0.1, 0.15) is 12.4 Å². The number of aliphatic carboxylic acids is 1. The number of esters is 1. The first-order valence-electron chi connectivity index (χ1n) is 17.4. The zero-order chi connectivity index (χ0) is 32.6. The number of carbonyl (C=O) groups is 2. The largest absolute Gasteiger partial charge is 0.508 e. The number of carbonyl (C=O) groups excluding carboxylic acids is 1. The molecule has 1 aromatic rings. The van der Waals surface area contributed by atoms with Gasteiger partial charge in [-0.2, -0.15) is 0 Å². The molecule has 1 aromatic carbocycles. The number of rotatable bonds is 5. The van der Waals surface area contributed by atoms with Crippen molar-refractivity contribution >= 4 is 18.0 Å². The molecular weight excluding hydrogens is 564 g/mol. The number of hydrogen-bond acceptors (Lipinski definition) is 5. The van der Waals surface area contributed by atoms with Crippen molar-refractivity contribution in [3.63, 3.8) is 0 Å². The Kier molecular flexibility index (Phi) is 7.90. The fourth-order valence-electron chi connectivity index (χ4n) is 12.0. The van der Waals surface area contributed by atoms with Crippen LogP contribution in [0.2, 0.25) is 0 Å². The minimum absolute atomic E-state index is 0.0281. The number of phenolic OH excluding ortho intramolecular Hbond substituents is 1. The number of aliphatic hydroxyl groups is 1. The molecule has 0 aromatic heterocycles. The molecule has 246 valence electrons. The van der Waals surface area contributed by atoms with Gasteiger partial charge >= 0.3 is 11.9 Å². The van der Waals surface area contributed by atoms with E-state index in [4.69, 9.17) is 4.74 Å². The quantitative estimate of drug-likeness (QED) is 0.175. The van der Waals surface area contributed by atoms with E-state index in [1.807, 2.05) is 0 Å². The van der Waals surface area contributed by atoms with E-state index in [2.05, 4.69) is 47.6 Å². The Morgan fingerprint density at radius 1 is 0.933 bits per heavy atom. The standard InChI is InChI=1S/C39H54O6/c1-24-15-20-38(34(43)44)21-22-39(23-45-32(42)14-9-26-7-10-27(40)11-8-26)28(33(38)25(24)2)12-13-30-36(5)18-17-31(41)35(3,4)29(36)16-19-37(30,39)6/h7-12,14,24-25,29-31,33,40-41H,13,15-23H2,1-6H3,(H,43,44)/t24-,25+,29?,30-,31+,33+,36+,37-,38+,39+/m1/s1. The predicted molar refractivity (Wildman–Crippen MR) is 175 cm³/mol. The summed E-state index contributed by atoms with van der Waals surface area (Å²) in [6, 6.07) is 6.70. The Morgan fingerprint density at radius 3 is 2.33 bits per heavy atom.